The van der Waals surface area contributed by atoms with Gasteiger partial charge in [-0.15, -0.1) is 0 Å². The summed E-state index contributed by atoms with van der Waals surface area (Å²) in [5, 5.41) is 21.9. The Morgan fingerprint density at radius 1 is 1.19 bits per heavy atom. The molecule has 1 aliphatic rings. The zero-order chi connectivity index (χ0) is 29.3. The van der Waals surface area contributed by atoms with Crippen molar-refractivity contribution in [2.75, 3.05) is 43.4 Å². The number of benzene rings is 1. The molecule has 1 aliphatic heterocycles. The Morgan fingerprint density at radius 3 is 2.93 bits per heavy atom. The van der Waals surface area contributed by atoms with Crippen molar-refractivity contribution in [3.63, 3.8) is 0 Å². The number of para-hydroxylation sites is 1. The van der Waals surface area contributed by atoms with Crippen LogP contribution in [0.1, 0.15) is 36.9 Å². The first-order chi connectivity index (χ1) is 20.5. The largest absolute Gasteiger partial charge is 0.491 e. The minimum absolute atomic E-state index is 0.333. The lowest BCUT2D eigenvalue weighted by atomic mass is 10.1. The number of aryl methyl sites for hydroxylation is 3. The van der Waals surface area contributed by atoms with Crippen LogP contribution in [0.5, 0.6) is 5.75 Å². The van der Waals surface area contributed by atoms with E-state index in [9.17, 15) is 14.3 Å². The zero-order valence-corrected chi connectivity index (χ0v) is 23.9. The van der Waals surface area contributed by atoms with Crippen LogP contribution in [-0.4, -0.2) is 74.6 Å². The van der Waals surface area contributed by atoms with E-state index < -0.39 is 17.8 Å². The van der Waals surface area contributed by atoms with Crippen LogP contribution < -0.4 is 15.4 Å². The monoisotopic (exact) mass is 575 g/mol. The van der Waals surface area contributed by atoms with E-state index in [1.165, 1.54) is 17.8 Å². The summed E-state index contributed by atoms with van der Waals surface area (Å²) in [6, 6.07) is 12.5. The van der Waals surface area contributed by atoms with Crippen molar-refractivity contribution < 1.29 is 19.0 Å². The quantitative estimate of drug-likeness (QED) is 0.176. The Hall–Kier alpha value is -4.25. The van der Waals surface area contributed by atoms with Crippen LogP contribution in [0.15, 0.2) is 54.9 Å². The van der Waals surface area contributed by atoms with Gasteiger partial charge in [-0.1, -0.05) is 18.2 Å². The third-order valence-corrected chi connectivity index (χ3v) is 7.57. The standard InChI is InChI=1S/C31H38FN7O3/c1-38-28-10-3-2-9-26(28)30(37-38)36-27(31(40)41)13-16-39(17-18-42-25-19-23(32)20-33-21-25)15-5-4-8-24-12-11-22-7-6-14-34-29(22)35-24/h2-3,9-12,19-21,27H,4-8,13-18H2,1H3,(H,34,35)(H,36,37)(H,40,41). The molecule has 0 fully saturated rings. The summed E-state index contributed by atoms with van der Waals surface area (Å²) in [6.07, 6.45) is 7.95. The molecule has 0 amide bonds. The number of hydrogen-bond donors (Lipinski definition) is 3. The summed E-state index contributed by atoms with van der Waals surface area (Å²) in [5.74, 6) is 0.555. The number of nitrogens with one attached hydrogen (secondary N) is 2. The second-order valence-corrected chi connectivity index (χ2v) is 10.6. The van der Waals surface area contributed by atoms with Crippen LogP contribution in [0.25, 0.3) is 10.9 Å². The van der Waals surface area contributed by atoms with Gasteiger partial charge in [-0.05, 0) is 68.8 Å². The number of aliphatic carboxylic acids is 1. The number of aromatic nitrogens is 4. The predicted octanol–water partition coefficient (Wildman–Crippen LogP) is 4.52. The summed E-state index contributed by atoms with van der Waals surface area (Å²) in [4.78, 5) is 23.0. The van der Waals surface area contributed by atoms with Gasteiger partial charge in [0.1, 0.15) is 30.0 Å². The number of unbranched alkanes of at least 4 members (excludes halogenated alkanes) is 1. The number of nitrogens with zero attached hydrogens (tertiary/aromatic N) is 5. The minimum Gasteiger partial charge on any atom is -0.491 e. The molecule has 0 saturated heterocycles. The van der Waals surface area contributed by atoms with Crippen molar-refractivity contribution in [2.45, 2.75) is 44.6 Å². The molecular weight excluding hydrogens is 537 g/mol. The summed E-state index contributed by atoms with van der Waals surface area (Å²) in [5.41, 5.74) is 3.29. The third kappa shape index (κ3) is 7.73. The summed E-state index contributed by atoms with van der Waals surface area (Å²) < 4.78 is 21.0. The maximum Gasteiger partial charge on any atom is 0.326 e. The fraction of sp³-hybridized carbons (Fsp3) is 0.419. The van der Waals surface area contributed by atoms with Crippen LogP contribution in [0.4, 0.5) is 16.0 Å². The van der Waals surface area contributed by atoms with Crippen LogP contribution in [0, 0.1) is 5.82 Å². The highest BCUT2D eigenvalue weighted by Gasteiger charge is 2.21. The molecule has 3 aromatic heterocycles. The molecular formula is C31H38FN7O3. The van der Waals surface area contributed by atoms with E-state index in [1.807, 2.05) is 31.3 Å². The van der Waals surface area contributed by atoms with Crippen molar-refractivity contribution in [1.82, 2.24) is 24.6 Å². The topological polar surface area (TPSA) is 117 Å². The lowest BCUT2D eigenvalue weighted by Gasteiger charge is -2.24. The van der Waals surface area contributed by atoms with Gasteiger partial charge in [0.05, 0.1) is 17.9 Å². The van der Waals surface area contributed by atoms with Crippen molar-refractivity contribution in [2.24, 2.45) is 7.05 Å². The molecule has 5 rings (SSSR count). The number of anilines is 2. The number of ether oxygens (including phenoxy) is 1. The smallest absolute Gasteiger partial charge is 0.326 e. The molecule has 222 valence electrons. The first-order valence-corrected chi connectivity index (χ1v) is 14.6. The third-order valence-electron chi connectivity index (χ3n) is 7.57. The Kier molecular flexibility index (Phi) is 9.81. The SMILES string of the molecule is Cn1nc(NC(CCN(CCCCc2ccc3c(n2)NCCC3)CCOc2cncc(F)c2)C(=O)O)c2ccccc21. The highest BCUT2D eigenvalue weighted by Crippen LogP contribution is 2.23. The van der Waals surface area contributed by atoms with E-state index >= 15 is 0 Å². The van der Waals surface area contributed by atoms with Gasteiger partial charge in [0, 0.05) is 43.8 Å². The number of carbonyl (C=O) groups is 1. The van der Waals surface area contributed by atoms with Crippen molar-refractivity contribution in [3.8, 4) is 5.75 Å². The fourth-order valence-corrected chi connectivity index (χ4v) is 5.30. The first kappa shape index (κ1) is 29.2. The average molecular weight is 576 g/mol. The Bertz CT molecular complexity index is 1490. The summed E-state index contributed by atoms with van der Waals surface area (Å²) in [6.45, 7) is 3.18. The number of pyridine rings is 2. The van der Waals surface area contributed by atoms with Gasteiger partial charge in [-0.25, -0.2) is 14.2 Å². The predicted molar refractivity (Wildman–Crippen MR) is 160 cm³/mol. The highest BCUT2D eigenvalue weighted by molar-refractivity contribution is 5.91. The van der Waals surface area contributed by atoms with Crippen molar-refractivity contribution in [1.29, 1.82) is 0 Å². The molecule has 4 aromatic rings. The van der Waals surface area contributed by atoms with Gasteiger partial charge < -0.3 is 20.5 Å². The van der Waals surface area contributed by atoms with E-state index in [-0.39, 0.29) is 0 Å². The minimum atomic E-state index is -0.932. The van der Waals surface area contributed by atoms with Gasteiger partial charge in [-0.3, -0.25) is 14.6 Å². The first-order valence-electron chi connectivity index (χ1n) is 14.6. The average Bonchev–Trinajstić information content (AvgIpc) is 3.31. The normalized spacial score (nSPS) is 13.5. The number of fused-ring (bicyclic) bond motifs is 2. The Balaban J connectivity index is 1.18. The van der Waals surface area contributed by atoms with Crippen molar-refractivity contribution >= 4 is 28.5 Å². The molecule has 1 unspecified atom stereocenters. The Labute approximate surface area is 244 Å². The van der Waals surface area contributed by atoms with E-state index in [1.54, 1.807) is 4.68 Å². The van der Waals surface area contributed by atoms with Gasteiger partial charge in [0.25, 0.3) is 0 Å². The number of carboxylic acids is 1. The molecule has 3 N–H and O–H groups in total. The van der Waals surface area contributed by atoms with Crippen LogP contribution >= 0.6 is 0 Å². The lowest BCUT2D eigenvalue weighted by Crippen LogP contribution is -2.37. The molecule has 1 aromatic carbocycles. The number of carboxylic acid groups (broad SMARTS) is 1. The molecule has 11 heteroatoms. The maximum absolute atomic E-state index is 13.5. The summed E-state index contributed by atoms with van der Waals surface area (Å²) >= 11 is 0. The summed E-state index contributed by atoms with van der Waals surface area (Å²) in [7, 11) is 1.84. The van der Waals surface area contributed by atoms with E-state index in [0.717, 1.165) is 73.8 Å². The number of halogens is 1. The van der Waals surface area contributed by atoms with Crippen molar-refractivity contribution in [3.05, 3.63) is 71.9 Å². The van der Waals surface area contributed by atoms with Gasteiger partial charge in [0.2, 0.25) is 0 Å². The van der Waals surface area contributed by atoms with Gasteiger partial charge >= 0.3 is 5.97 Å². The lowest BCUT2D eigenvalue weighted by molar-refractivity contribution is -0.138. The fourth-order valence-electron chi connectivity index (χ4n) is 5.30. The maximum atomic E-state index is 13.5. The molecule has 0 saturated carbocycles. The Morgan fingerprint density at radius 2 is 2.07 bits per heavy atom. The molecule has 0 spiro atoms. The molecule has 0 bridgehead atoms. The van der Waals surface area contributed by atoms with Crippen LogP contribution in [0.3, 0.4) is 0 Å². The van der Waals surface area contributed by atoms with Gasteiger partial charge in [0.15, 0.2) is 5.82 Å². The highest BCUT2D eigenvalue weighted by atomic mass is 19.1. The van der Waals surface area contributed by atoms with Crippen LogP contribution in [-0.2, 0) is 24.7 Å². The van der Waals surface area contributed by atoms with Crippen LogP contribution in [0.2, 0.25) is 0 Å². The second-order valence-electron chi connectivity index (χ2n) is 10.6. The van der Waals surface area contributed by atoms with E-state index in [4.69, 9.17) is 9.72 Å². The number of rotatable bonds is 15. The number of hydrogen-bond acceptors (Lipinski definition) is 8. The van der Waals surface area contributed by atoms with E-state index in [0.29, 0.717) is 37.7 Å². The molecule has 0 radical (unpaired) electrons. The molecule has 1 atom stereocenters. The van der Waals surface area contributed by atoms with Gasteiger partial charge in [-0.2, -0.15) is 5.10 Å². The molecule has 4 heterocycles. The molecule has 10 nitrogen and oxygen atoms in total. The second kappa shape index (κ2) is 14.1. The molecule has 0 aliphatic carbocycles. The molecule has 42 heavy (non-hydrogen) atoms. The van der Waals surface area contributed by atoms with E-state index in [2.05, 4.69) is 37.7 Å². The zero-order valence-electron chi connectivity index (χ0n) is 23.9.